The largest absolute Gasteiger partial charge is 0.481 e. The van der Waals surface area contributed by atoms with Gasteiger partial charge in [-0.25, -0.2) is 0 Å². The highest BCUT2D eigenvalue weighted by Crippen LogP contribution is 2.04. The number of rotatable bonds is 13. The van der Waals surface area contributed by atoms with Crippen molar-refractivity contribution in [3.05, 3.63) is 0 Å². The van der Waals surface area contributed by atoms with Crippen LogP contribution in [-0.2, 0) is 28.8 Å². The van der Waals surface area contributed by atoms with Crippen LogP contribution >= 0.6 is 0 Å². The highest BCUT2D eigenvalue weighted by molar-refractivity contribution is 5.96. The van der Waals surface area contributed by atoms with Crippen molar-refractivity contribution in [3.63, 3.8) is 0 Å². The van der Waals surface area contributed by atoms with E-state index in [9.17, 15) is 28.8 Å². The van der Waals surface area contributed by atoms with Crippen LogP contribution in [0.4, 0.5) is 0 Å². The number of carbonyl (C=O) groups excluding carboxylic acids is 4. The van der Waals surface area contributed by atoms with Crippen molar-refractivity contribution in [2.45, 2.75) is 51.2 Å². The van der Waals surface area contributed by atoms with Crippen molar-refractivity contribution in [1.82, 2.24) is 16.0 Å². The van der Waals surface area contributed by atoms with E-state index in [-0.39, 0.29) is 12.3 Å². The van der Waals surface area contributed by atoms with Crippen molar-refractivity contribution in [3.8, 4) is 0 Å². The first-order chi connectivity index (χ1) is 13.3. The summed E-state index contributed by atoms with van der Waals surface area (Å²) in [4.78, 5) is 69.3. The quantitative estimate of drug-likeness (QED) is 0.160. The number of amides is 4. The highest BCUT2D eigenvalue weighted by atomic mass is 16.4. The average molecular weight is 417 g/mol. The SMILES string of the molecule is CC(C)CC(N)C(=O)NC(CC(=O)O)C(=O)NC(CC(N)=O)C(=O)NCC(=O)O. The summed E-state index contributed by atoms with van der Waals surface area (Å²) in [6.07, 6.45) is -1.20. The molecule has 13 heteroatoms. The van der Waals surface area contributed by atoms with E-state index in [0.717, 1.165) is 0 Å². The zero-order valence-corrected chi connectivity index (χ0v) is 16.1. The van der Waals surface area contributed by atoms with Crippen molar-refractivity contribution in [1.29, 1.82) is 0 Å². The first kappa shape index (κ1) is 25.8. The first-order valence-corrected chi connectivity index (χ1v) is 8.69. The molecule has 164 valence electrons. The highest BCUT2D eigenvalue weighted by Gasteiger charge is 2.30. The van der Waals surface area contributed by atoms with Gasteiger partial charge < -0.3 is 37.6 Å². The number of nitrogens with two attached hydrogens (primary N) is 2. The summed E-state index contributed by atoms with van der Waals surface area (Å²) >= 11 is 0. The number of carboxylic acids is 2. The number of hydrogen-bond donors (Lipinski definition) is 7. The number of primary amides is 1. The van der Waals surface area contributed by atoms with Crippen LogP contribution in [0.1, 0.15) is 33.1 Å². The molecule has 3 unspecified atom stereocenters. The van der Waals surface area contributed by atoms with Gasteiger partial charge in [0.15, 0.2) is 0 Å². The van der Waals surface area contributed by atoms with Gasteiger partial charge in [-0.1, -0.05) is 13.8 Å². The zero-order chi connectivity index (χ0) is 22.7. The fourth-order valence-electron chi connectivity index (χ4n) is 2.25. The van der Waals surface area contributed by atoms with E-state index in [1.165, 1.54) is 0 Å². The Morgan fingerprint density at radius 2 is 1.34 bits per heavy atom. The molecule has 0 aliphatic carbocycles. The van der Waals surface area contributed by atoms with Gasteiger partial charge in [0.1, 0.15) is 18.6 Å². The summed E-state index contributed by atoms with van der Waals surface area (Å²) in [7, 11) is 0. The van der Waals surface area contributed by atoms with Gasteiger partial charge in [-0.15, -0.1) is 0 Å². The van der Waals surface area contributed by atoms with Crippen LogP contribution in [-0.4, -0.2) is 70.5 Å². The fraction of sp³-hybridized carbons (Fsp3) is 0.625. The lowest BCUT2D eigenvalue weighted by Crippen LogP contribution is -2.57. The molecular weight excluding hydrogens is 390 g/mol. The Kier molecular flexibility index (Phi) is 10.9. The monoisotopic (exact) mass is 417 g/mol. The van der Waals surface area contributed by atoms with E-state index in [0.29, 0.717) is 0 Å². The van der Waals surface area contributed by atoms with E-state index in [1.807, 2.05) is 19.2 Å². The smallest absolute Gasteiger partial charge is 0.322 e. The third-order valence-electron chi connectivity index (χ3n) is 3.53. The van der Waals surface area contributed by atoms with E-state index in [4.69, 9.17) is 21.7 Å². The Bertz CT molecular complexity index is 651. The minimum Gasteiger partial charge on any atom is -0.481 e. The van der Waals surface area contributed by atoms with E-state index < -0.39 is 73.1 Å². The van der Waals surface area contributed by atoms with Gasteiger partial charge in [-0.05, 0) is 12.3 Å². The molecule has 0 saturated heterocycles. The van der Waals surface area contributed by atoms with Crippen molar-refractivity contribution >= 4 is 35.6 Å². The van der Waals surface area contributed by atoms with Crippen molar-refractivity contribution in [2.75, 3.05) is 6.54 Å². The van der Waals surface area contributed by atoms with Crippen LogP contribution in [0, 0.1) is 5.92 Å². The molecule has 13 nitrogen and oxygen atoms in total. The van der Waals surface area contributed by atoms with Crippen LogP contribution in [0.25, 0.3) is 0 Å². The topological polar surface area (TPSA) is 231 Å². The first-order valence-electron chi connectivity index (χ1n) is 8.69. The molecule has 0 aliphatic rings. The van der Waals surface area contributed by atoms with Crippen LogP contribution in [0.15, 0.2) is 0 Å². The Hall–Kier alpha value is -3.22. The molecule has 3 atom stereocenters. The number of aliphatic carboxylic acids is 2. The normalized spacial score (nSPS) is 13.7. The van der Waals surface area contributed by atoms with Gasteiger partial charge in [0.2, 0.25) is 23.6 Å². The molecule has 29 heavy (non-hydrogen) atoms. The van der Waals surface area contributed by atoms with Crippen molar-refractivity contribution < 1.29 is 39.0 Å². The van der Waals surface area contributed by atoms with E-state index in [1.54, 1.807) is 0 Å². The van der Waals surface area contributed by atoms with Gasteiger partial charge in [-0.2, -0.15) is 0 Å². The number of hydrogen-bond acceptors (Lipinski definition) is 7. The third kappa shape index (κ3) is 11.3. The Morgan fingerprint density at radius 1 is 0.828 bits per heavy atom. The lowest BCUT2D eigenvalue weighted by molar-refractivity contribution is -0.142. The molecule has 0 saturated carbocycles. The Labute approximate surface area is 166 Å². The number of nitrogens with one attached hydrogen (secondary N) is 3. The molecule has 9 N–H and O–H groups in total. The summed E-state index contributed by atoms with van der Waals surface area (Å²) in [6, 6.07) is -4.13. The van der Waals surface area contributed by atoms with Crippen LogP contribution in [0.3, 0.4) is 0 Å². The van der Waals surface area contributed by atoms with Crippen LogP contribution in [0.5, 0.6) is 0 Å². The minimum atomic E-state index is -1.58. The van der Waals surface area contributed by atoms with Crippen LogP contribution < -0.4 is 27.4 Å². The lowest BCUT2D eigenvalue weighted by Gasteiger charge is -2.23. The summed E-state index contributed by atoms with van der Waals surface area (Å²) in [5.74, 6) is -6.53. The third-order valence-corrected chi connectivity index (χ3v) is 3.53. The van der Waals surface area contributed by atoms with Gasteiger partial charge >= 0.3 is 11.9 Å². The van der Waals surface area contributed by atoms with Gasteiger partial charge in [0, 0.05) is 0 Å². The molecule has 0 fully saturated rings. The molecule has 0 aliphatic heterocycles. The van der Waals surface area contributed by atoms with Gasteiger partial charge in [-0.3, -0.25) is 28.8 Å². The predicted octanol–water partition coefficient (Wildman–Crippen LogP) is -3.12. The molecule has 0 spiro atoms. The summed E-state index contributed by atoms with van der Waals surface area (Å²) in [5, 5.41) is 23.8. The number of carboxylic acid groups (broad SMARTS) is 2. The molecule has 0 aromatic heterocycles. The van der Waals surface area contributed by atoms with Crippen molar-refractivity contribution in [2.24, 2.45) is 17.4 Å². The standard InChI is InChI=1S/C16H27N5O8/c1-7(2)3-8(17)14(27)20-10(5-12(23)24)16(29)21-9(4-11(18)22)15(28)19-6-13(25)26/h7-10H,3-6,17H2,1-2H3,(H2,18,22)(H,19,28)(H,20,27)(H,21,29)(H,23,24)(H,25,26). The minimum absolute atomic E-state index is 0.0698. The predicted molar refractivity (Wildman–Crippen MR) is 98.0 cm³/mol. The van der Waals surface area contributed by atoms with Crippen LogP contribution in [0.2, 0.25) is 0 Å². The molecular formula is C16H27N5O8. The van der Waals surface area contributed by atoms with Gasteiger partial charge in [0.05, 0.1) is 18.9 Å². The second kappa shape index (κ2) is 12.3. The summed E-state index contributed by atoms with van der Waals surface area (Å²) < 4.78 is 0. The van der Waals surface area contributed by atoms with E-state index in [2.05, 4.69) is 10.6 Å². The second-order valence-electron chi connectivity index (χ2n) is 6.74. The second-order valence-corrected chi connectivity index (χ2v) is 6.74. The number of carbonyl (C=O) groups is 6. The molecule has 0 radical (unpaired) electrons. The molecule has 0 aromatic carbocycles. The summed E-state index contributed by atoms with van der Waals surface area (Å²) in [6.45, 7) is 2.86. The molecule has 0 bridgehead atoms. The molecule has 0 aromatic rings. The maximum absolute atomic E-state index is 12.4. The Morgan fingerprint density at radius 3 is 1.79 bits per heavy atom. The molecule has 0 rings (SSSR count). The average Bonchev–Trinajstić information content (AvgIpc) is 2.56. The molecule has 4 amide bonds. The summed E-state index contributed by atoms with van der Waals surface area (Å²) in [5.41, 5.74) is 10.7. The maximum Gasteiger partial charge on any atom is 0.322 e. The lowest BCUT2D eigenvalue weighted by atomic mass is 10.0. The zero-order valence-electron chi connectivity index (χ0n) is 16.1. The Balaban J connectivity index is 5.28. The molecule has 0 heterocycles. The fourth-order valence-corrected chi connectivity index (χ4v) is 2.25. The van der Waals surface area contributed by atoms with E-state index >= 15 is 0 Å². The maximum atomic E-state index is 12.4. The van der Waals surface area contributed by atoms with Gasteiger partial charge in [0.25, 0.3) is 0 Å².